The zero-order valence-electron chi connectivity index (χ0n) is 15.8. The number of hydrazine groups is 1. The third kappa shape index (κ3) is 7.59. The second-order valence-electron chi connectivity index (χ2n) is 6.37. The molecule has 0 aliphatic rings. The third-order valence-electron chi connectivity index (χ3n) is 3.45. The predicted molar refractivity (Wildman–Crippen MR) is 114 cm³/mol. The minimum atomic E-state index is -0.401. The van der Waals surface area contributed by atoms with E-state index in [2.05, 4.69) is 30.0 Å². The summed E-state index contributed by atoms with van der Waals surface area (Å²) < 4.78 is 5.58. The fraction of sp³-hybridized carbons (Fsp3) is 0.190. The van der Waals surface area contributed by atoms with Crippen molar-refractivity contribution in [1.29, 1.82) is 0 Å². The predicted octanol–water partition coefficient (Wildman–Crippen LogP) is 3.07. The van der Waals surface area contributed by atoms with Crippen LogP contribution in [0.3, 0.4) is 0 Å². The normalized spacial score (nSPS) is 10.5. The Bertz CT molecular complexity index is 834. The molecule has 28 heavy (non-hydrogen) atoms. The Morgan fingerprint density at radius 1 is 1.04 bits per heavy atom. The Hall–Kier alpha value is -3.19. The highest BCUT2D eigenvalue weighted by atomic mass is 32.1. The summed E-state index contributed by atoms with van der Waals surface area (Å²) in [5, 5.41) is 2.45. The molecule has 0 aromatic heterocycles. The summed E-state index contributed by atoms with van der Waals surface area (Å²) in [7, 11) is 0. The van der Waals surface area contributed by atoms with Gasteiger partial charge in [-0.3, -0.25) is 25.8 Å². The van der Waals surface area contributed by atoms with Crippen molar-refractivity contribution in [3.8, 4) is 5.75 Å². The van der Waals surface area contributed by atoms with Crippen LogP contribution in [-0.4, -0.2) is 23.5 Å². The molecule has 2 aromatic carbocycles. The molecule has 2 amide bonds. The number of rotatable bonds is 6. The Labute approximate surface area is 169 Å². The first-order valence-electron chi connectivity index (χ1n) is 8.81. The molecule has 2 rings (SSSR count). The van der Waals surface area contributed by atoms with Gasteiger partial charge in [-0.05, 0) is 54.0 Å². The molecular formula is C21H23N3O3S. The van der Waals surface area contributed by atoms with E-state index in [1.807, 2.05) is 30.3 Å². The van der Waals surface area contributed by atoms with Crippen molar-refractivity contribution in [2.75, 3.05) is 6.61 Å². The lowest BCUT2D eigenvalue weighted by Gasteiger charge is -2.11. The SMILES string of the molecule is CC(C)COc1ccc(C(=O)NNC(=S)NC(=O)C=Cc2ccccc2)cc1. The van der Waals surface area contributed by atoms with Crippen molar-refractivity contribution >= 4 is 35.2 Å². The van der Waals surface area contributed by atoms with Crippen molar-refractivity contribution < 1.29 is 14.3 Å². The second kappa shape index (κ2) is 10.8. The maximum Gasteiger partial charge on any atom is 0.269 e. The average Bonchev–Trinajstić information content (AvgIpc) is 2.70. The van der Waals surface area contributed by atoms with Crippen molar-refractivity contribution in [2.24, 2.45) is 5.92 Å². The molecule has 3 N–H and O–H groups in total. The van der Waals surface area contributed by atoms with Crippen LogP contribution >= 0.6 is 12.2 Å². The summed E-state index contributed by atoms with van der Waals surface area (Å²) in [5.41, 5.74) is 6.26. The van der Waals surface area contributed by atoms with Crippen LogP contribution in [-0.2, 0) is 4.79 Å². The fourth-order valence-corrected chi connectivity index (χ4v) is 2.22. The van der Waals surface area contributed by atoms with Gasteiger partial charge in [0, 0.05) is 11.6 Å². The van der Waals surface area contributed by atoms with Gasteiger partial charge in [0.25, 0.3) is 5.91 Å². The van der Waals surface area contributed by atoms with Crippen LogP contribution in [0, 0.1) is 5.92 Å². The molecule has 2 aromatic rings. The number of ether oxygens (including phenoxy) is 1. The molecule has 0 saturated carbocycles. The van der Waals surface area contributed by atoms with Gasteiger partial charge in [-0.2, -0.15) is 0 Å². The summed E-state index contributed by atoms with van der Waals surface area (Å²) in [4.78, 5) is 24.0. The molecule has 6 nitrogen and oxygen atoms in total. The van der Waals surface area contributed by atoms with Crippen LogP contribution < -0.4 is 20.9 Å². The Morgan fingerprint density at radius 3 is 2.36 bits per heavy atom. The molecule has 7 heteroatoms. The van der Waals surface area contributed by atoms with Crippen LogP contribution in [0.4, 0.5) is 0 Å². The van der Waals surface area contributed by atoms with Gasteiger partial charge in [0.2, 0.25) is 5.91 Å². The fourth-order valence-electron chi connectivity index (χ4n) is 2.07. The van der Waals surface area contributed by atoms with Crippen LogP contribution in [0.5, 0.6) is 5.75 Å². The molecule has 0 spiro atoms. The van der Waals surface area contributed by atoms with E-state index in [0.29, 0.717) is 23.8 Å². The van der Waals surface area contributed by atoms with Crippen LogP contribution in [0.1, 0.15) is 29.8 Å². The molecule has 0 unspecified atom stereocenters. The summed E-state index contributed by atoms with van der Waals surface area (Å²) in [6.07, 6.45) is 3.03. The quantitative estimate of drug-likeness (QED) is 0.397. The van der Waals surface area contributed by atoms with E-state index in [4.69, 9.17) is 17.0 Å². The maximum atomic E-state index is 12.1. The number of nitrogens with one attached hydrogen (secondary N) is 3. The molecule has 0 aliphatic carbocycles. The molecule has 0 bridgehead atoms. The lowest BCUT2D eigenvalue weighted by atomic mass is 10.2. The number of amides is 2. The van der Waals surface area contributed by atoms with E-state index in [9.17, 15) is 9.59 Å². The van der Waals surface area contributed by atoms with Gasteiger partial charge in [-0.25, -0.2) is 0 Å². The monoisotopic (exact) mass is 397 g/mol. The van der Waals surface area contributed by atoms with Crippen molar-refractivity contribution in [3.63, 3.8) is 0 Å². The topological polar surface area (TPSA) is 79.5 Å². The van der Waals surface area contributed by atoms with E-state index >= 15 is 0 Å². The highest BCUT2D eigenvalue weighted by molar-refractivity contribution is 7.80. The molecule has 146 valence electrons. The zero-order valence-corrected chi connectivity index (χ0v) is 16.6. The molecule has 0 saturated heterocycles. The van der Waals surface area contributed by atoms with E-state index in [1.54, 1.807) is 30.3 Å². The number of thiocarbonyl (C=S) groups is 1. The van der Waals surface area contributed by atoms with E-state index in [0.717, 1.165) is 5.56 Å². The summed E-state index contributed by atoms with van der Waals surface area (Å²) in [5.74, 6) is 0.339. The molecule has 0 fully saturated rings. The number of hydrogen-bond donors (Lipinski definition) is 3. The third-order valence-corrected chi connectivity index (χ3v) is 3.66. The Balaban J connectivity index is 1.76. The Kier molecular flexibility index (Phi) is 8.17. The lowest BCUT2D eigenvalue weighted by molar-refractivity contribution is -0.115. The minimum Gasteiger partial charge on any atom is -0.493 e. The van der Waals surface area contributed by atoms with Crippen LogP contribution in [0.2, 0.25) is 0 Å². The molecular weight excluding hydrogens is 374 g/mol. The highest BCUT2D eigenvalue weighted by Gasteiger charge is 2.07. The van der Waals surface area contributed by atoms with Crippen LogP contribution in [0.25, 0.3) is 6.08 Å². The van der Waals surface area contributed by atoms with Crippen molar-refractivity contribution in [1.82, 2.24) is 16.2 Å². The smallest absolute Gasteiger partial charge is 0.269 e. The number of carbonyl (C=O) groups excluding carboxylic acids is 2. The van der Waals surface area contributed by atoms with E-state index in [-0.39, 0.29) is 11.0 Å². The molecule has 0 radical (unpaired) electrons. The molecule has 0 atom stereocenters. The van der Waals surface area contributed by atoms with Gasteiger partial charge in [0.15, 0.2) is 5.11 Å². The first-order valence-corrected chi connectivity index (χ1v) is 9.22. The number of hydrogen-bond acceptors (Lipinski definition) is 4. The first kappa shape index (κ1) is 21.1. The van der Waals surface area contributed by atoms with E-state index < -0.39 is 5.91 Å². The lowest BCUT2D eigenvalue weighted by Crippen LogP contribution is -2.48. The number of carbonyl (C=O) groups is 2. The molecule has 0 heterocycles. The largest absolute Gasteiger partial charge is 0.493 e. The van der Waals surface area contributed by atoms with E-state index in [1.165, 1.54) is 6.08 Å². The van der Waals surface area contributed by atoms with Gasteiger partial charge < -0.3 is 4.74 Å². The number of benzene rings is 2. The summed E-state index contributed by atoms with van der Waals surface area (Å²) >= 11 is 5.00. The van der Waals surface area contributed by atoms with Gasteiger partial charge in [0.1, 0.15) is 5.75 Å². The summed E-state index contributed by atoms with van der Waals surface area (Å²) in [6, 6.07) is 16.2. The van der Waals surface area contributed by atoms with Crippen LogP contribution in [0.15, 0.2) is 60.7 Å². The van der Waals surface area contributed by atoms with Crippen molar-refractivity contribution in [3.05, 3.63) is 71.8 Å². The molecule has 0 aliphatic heterocycles. The standard InChI is InChI=1S/C21H23N3O3S/c1-15(2)14-27-18-11-9-17(10-12-18)20(26)23-24-21(28)22-19(25)13-8-16-6-4-3-5-7-16/h3-13,15H,14H2,1-2H3,(H,23,26)(H2,22,24,25,28). The summed E-state index contributed by atoms with van der Waals surface area (Å²) in [6.45, 7) is 4.74. The maximum absolute atomic E-state index is 12.1. The zero-order chi connectivity index (χ0) is 20.4. The Morgan fingerprint density at radius 2 is 1.71 bits per heavy atom. The van der Waals surface area contributed by atoms with Crippen molar-refractivity contribution in [2.45, 2.75) is 13.8 Å². The van der Waals surface area contributed by atoms with Gasteiger partial charge >= 0.3 is 0 Å². The van der Waals surface area contributed by atoms with Gasteiger partial charge in [0.05, 0.1) is 6.61 Å². The van der Waals surface area contributed by atoms with Gasteiger partial charge in [-0.1, -0.05) is 44.2 Å². The highest BCUT2D eigenvalue weighted by Crippen LogP contribution is 2.13. The van der Waals surface area contributed by atoms with Gasteiger partial charge in [-0.15, -0.1) is 0 Å². The minimum absolute atomic E-state index is 0.00653. The second-order valence-corrected chi connectivity index (χ2v) is 6.78. The first-order chi connectivity index (χ1) is 13.4. The average molecular weight is 398 g/mol.